The molecule has 0 saturated carbocycles. The number of pyridine rings is 1. The molecule has 0 unspecified atom stereocenters. The number of nitrogens with two attached hydrogens (primary N) is 1. The first kappa shape index (κ1) is 14.1. The standard InChI is InChI=1S/C11H9BrClN3O2S/c12-7-3-9(6-15-5-7)19(17,18)16-11-4-8(14)1-2-10(11)13/h1-6,16H,14H2. The van der Waals surface area contributed by atoms with Gasteiger partial charge in [-0.3, -0.25) is 9.71 Å². The van der Waals surface area contributed by atoms with Gasteiger partial charge < -0.3 is 5.73 Å². The molecule has 0 saturated heterocycles. The zero-order valence-corrected chi connectivity index (χ0v) is 12.6. The molecule has 5 nitrogen and oxygen atoms in total. The number of nitrogens with zero attached hydrogens (tertiary/aromatic N) is 1. The second-order valence-electron chi connectivity index (χ2n) is 3.68. The van der Waals surface area contributed by atoms with Gasteiger partial charge in [0.1, 0.15) is 4.90 Å². The van der Waals surface area contributed by atoms with Crippen molar-refractivity contribution in [1.29, 1.82) is 0 Å². The molecule has 0 atom stereocenters. The minimum absolute atomic E-state index is 0.0281. The topological polar surface area (TPSA) is 85.1 Å². The van der Waals surface area contributed by atoms with Crippen molar-refractivity contribution in [2.75, 3.05) is 10.5 Å². The largest absolute Gasteiger partial charge is 0.399 e. The number of hydrogen-bond acceptors (Lipinski definition) is 4. The van der Waals surface area contributed by atoms with Crippen LogP contribution in [0.3, 0.4) is 0 Å². The first-order valence-corrected chi connectivity index (χ1v) is 7.72. The molecule has 0 amide bonds. The van der Waals surface area contributed by atoms with E-state index in [4.69, 9.17) is 17.3 Å². The summed E-state index contributed by atoms with van der Waals surface area (Å²) in [5.74, 6) is 0. The third-order valence-corrected chi connectivity index (χ3v) is 4.32. The zero-order valence-electron chi connectivity index (χ0n) is 9.47. The molecule has 0 radical (unpaired) electrons. The quantitative estimate of drug-likeness (QED) is 0.822. The molecule has 0 aliphatic heterocycles. The normalized spacial score (nSPS) is 11.3. The lowest BCUT2D eigenvalue weighted by atomic mass is 10.3. The Hall–Kier alpha value is -1.31. The number of halogens is 2. The predicted octanol–water partition coefficient (Wildman–Crippen LogP) is 2.88. The van der Waals surface area contributed by atoms with E-state index in [2.05, 4.69) is 25.6 Å². The third kappa shape index (κ3) is 3.37. The van der Waals surface area contributed by atoms with E-state index >= 15 is 0 Å². The van der Waals surface area contributed by atoms with Gasteiger partial charge >= 0.3 is 0 Å². The fourth-order valence-electron chi connectivity index (χ4n) is 1.36. The minimum atomic E-state index is -3.76. The molecule has 8 heteroatoms. The van der Waals surface area contributed by atoms with Crippen LogP contribution in [0.2, 0.25) is 5.02 Å². The van der Waals surface area contributed by atoms with Crippen molar-refractivity contribution in [3.05, 3.63) is 46.2 Å². The van der Waals surface area contributed by atoms with Crippen LogP contribution in [-0.2, 0) is 10.0 Å². The van der Waals surface area contributed by atoms with Crippen LogP contribution in [0.25, 0.3) is 0 Å². The summed E-state index contributed by atoms with van der Waals surface area (Å²) in [7, 11) is -3.76. The Kier molecular flexibility index (Phi) is 3.98. The van der Waals surface area contributed by atoms with Crippen molar-refractivity contribution in [1.82, 2.24) is 4.98 Å². The molecular formula is C11H9BrClN3O2S. The van der Waals surface area contributed by atoms with Crippen LogP contribution in [-0.4, -0.2) is 13.4 Å². The zero-order chi connectivity index (χ0) is 14.0. The summed E-state index contributed by atoms with van der Waals surface area (Å²) in [4.78, 5) is 3.84. The second kappa shape index (κ2) is 5.36. The highest BCUT2D eigenvalue weighted by Crippen LogP contribution is 2.27. The van der Waals surface area contributed by atoms with E-state index in [1.54, 1.807) is 6.07 Å². The Morgan fingerprint density at radius 3 is 2.68 bits per heavy atom. The van der Waals surface area contributed by atoms with Crippen molar-refractivity contribution in [3.8, 4) is 0 Å². The molecule has 0 aliphatic rings. The minimum Gasteiger partial charge on any atom is -0.399 e. The molecule has 19 heavy (non-hydrogen) atoms. The van der Waals surface area contributed by atoms with Gasteiger partial charge in [0, 0.05) is 22.6 Å². The lowest BCUT2D eigenvalue weighted by Crippen LogP contribution is -2.13. The summed E-state index contributed by atoms with van der Waals surface area (Å²) in [5, 5.41) is 0.265. The Bertz CT molecular complexity index is 722. The Labute approximate surface area is 124 Å². The molecule has 2 aromatic rings. The van der Waals surface area contributed by atoms with Crippen LogP contribution in [0, 0.1) is 0 Å². The van der Waals surface area contributed by atoms with Gasteiger partial charge in [-0.15, -0.1) is 0 Å². The summed E-state index contributed by atoms with van der Waals surface area (Å²) >= 11 is 9.08. The van der Waals surface area contributed by atoms with E-state index in [1.807, 2.05) is 0 Å². The number of rotatable bonds is 3. The summed E-state index contributed by atoms with van der Waals surface area (Å²) in [6, 6.07) is 6.00. The Morgan fingerprint density at radius 2 is 2.00 bits per heavy atom. The van der Waals surface area contributed by atoms with Crippen LogP contribution in [0.15, 0.2) is 46.0 Å². The molecule has 0 aliphatic carbocycles. The van der Waals surface area contributed by atoms with Crippen LogP contribution in [0.1, 0.15) is 0 Å². The summed E-state index contributed by atoms with van der Waals surface area (Å²) in [5.41, 5.74) is 6.23. The van der Waals surface area contributed by atoms with Crippen molar-refractivity contribution in [2.24, 2.45) is 0 Å². The fraction of sp³-hybridized carbons (Fsp3) is 0. The average molecular weight is 363 g/mol. The summed E-state index contributed by atoms with van der Waals surface area (Å²) in [6.07, 6.45) is 2.74. The summed E-state index contributed by atoms with van der Waals surface area (Å²) in [6.45, 7) is 0. The predicted molar refractivity (Wildman–Crippen MR) is 78.6 cm³/mol. The van der Waals surface area contributed by atoms with E-state index in [-0.39, 0.29) is 15.6 Å². The highest BCUT2D eigenvalue weighted by molar-refractivity contribution is 9.10. The van der Waals surface area contributed by atoms with E-state index < -0.39 is 10.0 Å². The number of aromatic nitrogens is 1. The average Bonchev–Trinajstić information content (AvgIpc) is 2.33. The van der Waals surface area contributed by atoms with Gasteiger partial charge in [-0.25, -0.2) is 8.42 Å². The van der Waals surface area contributed by atoms with E-state index in [1.165, 1.54) is 30.6 Å². The molecule has 0 fully saturated rings. The summed E-state index contributed by atoms with van der Waals surface area (Å²) < 4.78 is 27.2. The highest BCUT2D eigenvalue weighted by atomic mass is 79.9. The first-order valence-electron chi connectivity index (χ1n) is 5.07. The highest BCUT2D eigenvalue weighted by Gasteiger charge is 2.16. The van der Waals surface area contributed by atoms with Gasteiger partial charge in [0.15, 0.2) is 0 Å². The second-order valence-corrected chi connectivity index (χ2v) is 6.69. The number of benzene rings is 1. The fourth-order valence-corrected chi connectivity index (χ4v) is 3.16. The van der Waals surface area contributed by atoms with Crippen molar-refractivity contribution in [2.45, 2.75) is 4.90 Å². The van der Waals surface area contributed by atoms with E-state index in [0.717, 1.165) is 0 Å². The monoisotopic (exact) mass is 361 g/mol. The van der Waals surface area contributed by atoms with Gasteiger partial charge in [0.25, 0.3) is 10.0 Å². The van der Waals surface area contributed by atoms with Crippen LogP contribution >= 0.6 is 27.5 Å². The molecule has 0 bridgehead atoms. The van der Waals surface area contributed by atoms with Gasteiger partial charge in [0.05, 0.1) is 10.7 Å². The molecule has 3 N–H and O–H groups in total. The molecule has 1 aromatic heterocycles. The maximum Gasteiger partial charge on any atom is 0.263 e. The van der Waals surface area contributed by atoms with Gasteiger partial charge in [-0.05, 0) is 40.2 Å². The molecule has 2 rings (SSSR count). The van der Waals surface area contributed by atoms with E-state index in [9.17, 15) is 8.42 Å². The van der Waals surface area contributed by atoms with Gasteiger partial charge in [-0.1, -0.05) is 11.6 Å². The van der Waals surface area contributed by atoms with Gasteiger partial charge in [-0.2, -0.15) is 0 Å². The van der Waals surface area contributed by atoms with Crippen LogP contribution < -0.4 is 10.5 Å². The maximum atomic E-state index is 12.1. The van der Waals surface area contributed by atoms with E-state index in [0.29, 0.717) is 10.2 Å². The van der Waals surface area contributed by atoms with Crippen molar-refractivity contribution in [3.63, 3.8) is 0 Å². The van der Waals surface area contributed by atoms with Crippen LogP contribution in [0.5, 0.6) is 0 Å². The molecule has 0 spiro atoms. The lowest BCUT2D eigenvalue weighted by Gasteiger charge is -2.10. The Balaban J connectivity index is 2.39. The molecule has 1 heterocycles. The number of anilines is 2. The number of sulfonamides is 1. The van der Waals surface area contributed by atoms with Crippen LogP contribution in [0.4, 0.5) is 11.4 Å². The molecule has 1 aromatic carbocycles. The lowest BCUT2D eigenvalue weighted by molar-refractivity contribution is 0.600. The van der Waals surface area contributed by atoms with Crippen molar-refractivity contribution < 1.29 is 8.42 Å². The maximum absolute atomic E-state index is 12.1. The van der Waals surface area contributed by atoms with Crippen molar-refractivity contribution >= 4 is 48.9 Å². The number of nitrogens with one attached hydrogen (secondary N) is 1. The smallest absolute Gasteiger partial charge is 0.263 e. The number of nitrogen functional groups attached to an aromatic ring is 1. The molecular weight excluding hydrogens is 354 g/mol. The SMILES string of the molecule is Nc1ccc(Cl)c(NS(=O)(=O)c2cncc(Br)c2)c1. The van der Waals surface area contributed by atoms with Gasteiger partial charge in [0.2, 0.25) is 0 Å². The number of hydrogen-bond donors (Lipinski definition) is 2. The molecule has 100 valence electrons. The third-order valence-electron chi connectivity index (χ3n) is 2.22. The first-order chi connectivity index (χ1) is 8.88. The Morgan fingerprint density at radius 1 is 1.26 bits per heavy atom.